The molecule has 168 valence electrons. The Hall–Kier alpha value is -3.52. The Kier molecular flexibility index (Phi) is 7.05. The number of sulfonamides is 1. The van der Waals surface area contributed by atoms with Gasteiger partial charge in [0.1, 0.15) is 24.7 Å². The first-order valence-corrected chi connectivity index (χ1v) is 11.4. The molecule has 3 aromatic carbocycles. The number of aromatic carboxylic acids is 1. The molecular formula is C24H25NO6S. The van der Waals surface area contributed by atoms with E-state index >= 15 is 0 Å². The first kappa shape index (κ1) is 23.1. The van der Waals surface area contributed by atoms with Gasteiger partial charge in [-0.25, -0.2) is 13.2 Å². The summed E-state index contributed by atoms with van der Waals surface area (Å²) in [5, 5.41) is 8.89. The van der Waals surface area contributed by atoms with Crippen molar-refractivity contribution in [2.24, 2.45) is 0 Å². The lowest BCUT2D eigenvalue weighted by Crippen LogP contribution is -2.16. The number of ether oxygens (including phenoxy) is 2. The molecule has 0 aliphatic carbocycles. The van der Waals surface area contributed by atoms with Crippen LogP contribution in [0, 0.1) is 20.8 Å². The van der Waals surface area contributed by atoms with Crippen LogP contribution in [0.15, 0.2) is 65.6 Å². The monoisotopic (exact) mass is 455 g/mol. The maximum atomic E-state index is 12.9. The molecule has 0 radical (unpaired) electrons. The number of benzene rings is 3. The number of carbonyl (C=O) groups is 1. The topological polar surface area (TPSA) is 102 Å². The molecule has 32 heavy (non-hydrogen) atoms. The minimum atomic E-state index is -3.71. The second kappa shape index (κ2) is 9.74. The van der Waals surface area contributed by atoms with Gasteiger partial charge in [-0.3, -0.25) is 4.72 Å². The Morgan fingerprint density at radius 3 is 1.78 bits per heavy atom. The minimum Gasteiger partial charge on any atom is -0.490 e. The maximum Gasteiger partial charge on any atom is 0.335 e. The Labute approximate surface area is 187 Å². The fraction of sp³-hybridized carbons (Fsp3) is 0.208. The summed E-state index contributed by atoms with van der Waals surface area (Å²) >= 11 is 0. The van der Waals surface area contributed by atoms with Gasteiger partial charge in [-0.15, -0.1) is 0 Å². The predicted molar refractivity (Wildman–Crippen MR) is 122 cm³/mol. The summed E-state index contributed by atoms with van der Waals surface area (Å²) in [5.74, 6) is 0.125. The van der Waals surface area contributed by atoms with Gasteiger partial charge in [0.05, 0.1) is 10.5 Å². The molecule has 0 aliphatic heterocycles. The number of rotatable bonds is 9. The van der Waals surface area contributed by atoms with Crippen LogP contribution in [0.1, 0.15) is 27.0 Å². The number of carboxylic acids is 1. The SMILES string of the molecule is Cc1cc(C)c(S(=O)(=O)Nc2ccc(OCCOc3ccc(C(=O)O)cc3)cc2)c(C)c1. The highest BCUT2D eigenvalue weighted by atomic mass is 32.2. The molecule has 3 aromatic rings. The zero-order valence-electron chi connectivity index (χ0n) is 18.1. The Bertz CT molecular complexity index is 1180. The van der Waals surface area contributed by atoms with Gasteiger partial charge >= 0.3 is 5.97 Å². The van der Waals surface area contributed by atoms with E-state index in [4.69, 9.17) is 14.6 Å². The van der Waals surface area contributed by atoms with Crippen molar-refractivity contribution in [2.45, 2.75) is 25.7 Å². The summed E-state index contributed by atoms with van der Waals surface area (Å²) in [6, 6.07) is 16.4. The van der Waals surface area contributed by atoms with E-state index in [-0.39, 0.29) is 23.7 Å². The smallest absolute Gasteiger partial charge is 0.335 e. The zero-order chi connectivity index (χ0) is 23.3. The third kappa shape index (κ3) is 5.79. The molecular weight excluding hydrogens is 430 g/mol. The van der Waals surface area contributed by atoms with E-state index in [1.807, 2.05) is 19.1 Å². The third-order valence-corrected chi connectivity index (χ3v) is 6.39. The van der Waals surface area contributed by atoms with Crippen LogP contribution in [0.4, 0.5) is 5.69 Å². The van der Waals surface area contributed by atoms with E-state index in [0.29, 0.717) is 28.3 Å². The number of aryl methyl sites for hydroxylation is 3. The largest absolute Gasteiger partial charge is 0.490 e. The van der Waals surface area contributed by atoms with Crippen LogP contribution in [0.3, 0.4) is 0 Å². The van der Waals surface area contributed by atoms with E-state index < -0.39 is 16.0 Å². The van der Waals surface area contributed by atoms with Crippen LogP contribution in [0.5, 0.6) is 11.5 Å². The molecule has 0 heterocycles. The number of anilines is 1. The van der Waals surface area contributed by atoms with Crippen molar-refractivity contribution in [3.8, 4) is 11.5 Å². The average Bonchev–Trinajstić information content (AvgIpc) is 2.71. The molecule has 0 aromatic heterocycles. The molecule has 7 nitrogen and oxygen atoms in total. The molecule has 0 amide bonds. The Morgan fingerprint density at radius 1 is 0.844 bits per heavy atom. The van der Waals surface area contributed by atoms with Crippen molar-refractivity contribution >= 4 is 21.7 Å². The van der Waals surface area contributed by atoms with Gasteiger partial charge in [0, 0.05) is 5.69 Å². The van der Waals surface area contributed by atoms with Crippen LogP contribution in [0.2, 0.25) is 0 Å². The highest BCUT2D eigenvalue weighted by Gasteiger charge is 2.20. The van der Waals surface area contributed by atoms with Gasteiger partial charge in [-0.1, -0.05) is 17.7 Å². The second-order valence-corrected chi connectivity index (χ2v) is 9.00. The minimum absolute atomic E-state index is 0.192. The van der Waals surface area contributed by atoms with Crippen LogP contribution in [-0.2, 0) is 10.0 Å². The first-order valence-electron chi connectivity index (χ1n) is 9.95. The van der Waals surface area contributed by atoms with Gasteiger partial charge in [0.2, 0.25) is 0 Å². The molecule has 3 rings (SSSR count). The highest BCUT2D eigenvalue weighted by Crippen LogP contribution is 2.25. The summed E-state index contributed by atoms with van der Waals surface area (Å²) in [5.41, 5.74) is 3.05. The van der Waals surface area contributed by atoms with Crippen molar-refractivity contribution in [2.75, 3.05) is 17.9 Å². The van der Waals surface area contributed by atoms with Crippen LogP contribution in [-0.4, -0.2) is 32.7 Å². The fourth-order valence-corrected chi connectivity index (χ4v) is 4.94. The number of carboxylic acid groups (broad SMARTS) is 1. The van der Waals surface area contributed by atoms with Gasteiger partial charge in [0.25, 0.3) is 10.0 Å². The van der Waals surface area contributed by atoms with Crippen LogP contribution in [0.25, 0.3) is 0 Å². The summed E-state index contributed by atoms with van der Waals surface area (Å²) in [6.45, 7) is 6.05. The molecule has 0 unspecified atom stereocenters. The molecule has 0 spiro atoms. The van der Waals surface area contributed by atoms with Gasteiger partial charge < -0.3 is 14.6 Å². The van der Waals surface area contributed by atoms with Crippen LogP contribution < -0.4 is 14.2 Å². The van der Waals surface area contributed by atoms with E-state index in [9.17, 15) is 13.2 Å². The predicted octanol–water partition coefficient (Wildman–Crippen LogP) is 4.57. The van der Waals surface area contributed by atoms with Crippen LogP contribution >= 0.6 is 0 Å². The highest BCUT2D eigenvalue weighted by molar-refractivity contribution is 7.92. The number of hydrogen-bond donors (Lipinski definition) is 2. The maximum absolute atomic E-state index is 12.9. The lowest BCUT2D eigenvalue weighted by Gasteiger charge is -2.14. The lowest BCUT2D eigenvalue weighted by atomic mass is 10.1. The molecule has 0 saturated heterocycles. The molecule has 2 N–H and O–H groups in total. The molecule has 0 atom stereocenters. The second-order valence-electron chi connectivity index (χ2n) is 7.38. The number of nitrogens with one attached hydrogen (secondary N) is 1. The summed E-state index contributed by atoms with van der Waals surface area (Å²) in [6.07, 6.45) is 0. The Balaban J connectivity index is 1.54. The normalized spacial score (nSPS) is 11.1. The van der Waals surface area contributed by atoms with E-state index in [1.165, 1.54) is 12.1 Å². The first-order chi connectivity index (χ1) is 15.2. The number of hydrogen-bond acceptors (Lipinski definition) is 5. The fourth-order valence-electron chi connectivity index (χ4n) is 3.43. The van der Waals surface area contributed by atoms with E-state index in [0.717, 1.165) is 5.56 Å². The van der Waals surface area contributed by atoms with Crippen molar-refractivity contribution in [3.05, 3.63) is 82.9 Å². The summed E-state index contributed by atoms with van der Waals surface area (Å²) in [7, 11) is -3.71. The quantitative estimate of drug-likeness (QED) is 0.458. The van der Waals surface area contributed by atoms with Gasteiger partial charge in [-0.05, 0) is 80.4 Å². The van der Waals surface area contributed by atoms with E-state index in [2.05, 4.69) is 4.72 Å². The summed E-state index contributed by atoms with van der Waals surface area (Å²) < 4.78 is 39.5. The average molecular weight is 456 g/mol. The van der Waals surface area contributed by atoms with E-state index in [1.54, 1.807) is 50.2 Å². The standard InChI is InChI=1S/C24H25NO6S/c1-16-14-17(2)23(18(3)15-16)32(28,29)25-20-6-10-22(11-7-20)31-13-12-30-21-8-4-19(5-9-21)24(26)27/h4-11,14-15,25H,12-13H2,1-3H3,(H,26,27). The van der Waals surface area contributed by atoms with Crippen molar-refractivity contribution in [1.82, 2.24) is 0 Å². The zero-order valence-corrected chi connectivity index (χ0v) is 18.9. The third-order valence-electron chi connectivity index (χ3n) is 4.70. The molecule has 0 bridgehead atoms. The summed E-state index contributed by atoms with van der Waals surface area (Å²) in [4.78, 5) is 11.1. The van der Waals surface area contributed by atoms with Crippen molar-refractivity contribution < 1.29 is 27.8 Å². The lowest BCUT2D eigenvalue weighted by molar-refractivity contribution is 0.0697. The van der Waals surface area contributed by atoms with Gasteiger partial charge in [-0.2, -0.15) is 0 Å². The van der Waals surface area contributed by atoms with Gasteiger partial charge in [0.15, 0.2) is 0 Å². The molecule has 0 saturated carbocycles. The van der Waals surface area contributed by atoms with Crippen molar-refractivity contribution in [3.63, 3.8) is 0 Å². The van der Waals surface area contributed by atoms with Crippen molar-refractivity contribution in [1.29, 1.82) is 0 Å². The Morgan fingerprint density at radius 2 is 1.31 bits per heavy atom. The molecule has 0 fully saturated rings. The molecule has 8 heteroatoms. The molecule has 0 aliphatic rings.